The molecule has 0 spiro atoms. The molecule has 3 N–H and O–H groups in total. The summed E-state index contributed by atoms with van der Waals surface area (Å²) in [6.07, 6.45) is 2.86. The van der Waals surface area contributed by atoms with Crippen molar-refractivity contribution in [2.45, 2.75) is 38.2 Å². The summed E-state index contributed by atoms with van der Waals surface area (Å²) in [5, 5.41) is 8.55. The fourth-order valence-electron chi connectivity index (χ4n) is 3.31. The van der Waals surface area contributed by atoms with E-state index in [9.17, 15) is 9.59 Å². The number of hydrogen-bond donors (Lipinski definition) is 3. The lowest BCUT2D eigenvalue weighted by Gasteiger charge is -2.16. The smallest absolute Gasteiger partial charge is 0.319 e. The molecule has 2 aromatic rings. The van der Waals surface area contributed by atoms with Gasteiger partial charge in [-0.1, -0.05) is 37.3 Å². The molecule has 28 heavy (non-hydrogen) atoms. The Bertz CT molecular complexity index is 771. The first kappa shape index (κ1) is 19.9. The first-order chi connectivity index (χ1) is 13.7. The zero-order valence-corrected chi connectivity index (χ0v) is 16.1. The van der Waals surface area contributed by atoms with Crippen molar-refractivity contribution in [3.63, 3.8) is 0 Å². The second-order valence-electron chi connectivity index (χ2n) is 6.91. The number of anilines is 2. The van der Waals surface area contributed by atoms with E-state index in [-0.39, 0.29) is 24.0 Å². The standard InChI is InChI=1S/C22H27N3O3/c1-2-20(16-7-4-3-5-8-16)21(26)24-17-10-12-18(13-11-17)25-22(27)23-15-19-9-6-14-28-19/h3-5,7-8,10-13,19-20H,2,6,9,14-15H2,1H3,(H,24,26)(H2,23,25,27). The third-order valence-corrected chi connectivity index (χ3v) is 4.85. The molecule has 1 fully saturated rings. The van der Waals surface area contributed by atoms with Crippen LogP contribution in [0.4, 0.5) is 16.2 Å². The highest BCUT2D eigenvalue weighted by Crippen LogP contribution is 2.22. The van der Waals surface area contributed by atoms with Crippen LogP contribution < -0.4 is 16.0 Å². The Kier molecular flexibility index (Phi) is 7.03. The minimum absolute atomic E-state index is 0.0382. The highest BCUT2D eigenvalue weighted by molar-refractivity contribution is 5.96. The molecule has 1 saturated heterocycles. The van der Waals surface area contributed by atoms with E-state index in [2.05, 4.69) is 16.0 Å². The Morgan fingerprint density at radius 1 is 1.04 bits per heavy atom. The number of amides is 3. The first-order valence-electron chi connectivity index (χ1n) is 9.78. The summed E-state index contributed by atoms with van der Waals surface area (Å²) in [4.78, 5) is 24.6. The van der Waals surface area contributed by atoms with Crippen molar-refractivity contribution in [3.05, 3.63) is 60.2 Å². The molecule has 3 amide bonds. The number of hydrogen-bond acceptors (Lipinski definition) is 3. The molecule has 1 aliphatic rings. The fraction of sp³-hybridized carbons (Fsp3) is 0.364. The summed E-state index contributed by atoms with van der Waals surface area (Å²) in [6, 6.07) is 16.6. The van der Waals surface area contributed by atoms with Crippen molar-refractivity contribution in [1.29, 1.82) is 0 Å². The van der Waals surface area contributed by atoms with Gasteiger partial charge in [0, 0.05) is 24.5 Å². The minimum atomic E-state index is -0.262. The van der Waals surface area contributed by atoms with Gasteiger partial charge in [0.25, 0.3) is 0 Å². The van der Waals surface area contributed by atoms with Crippen LogP contribution in [0.25, 0.3) is 0 Å². The number of carbonyl (C=O) groups is 2. The van der Waals surface area contributed by atoms with Gasteiger partial charge in [-0.25, -0.2) is 4.79 Å². The van der Waals surface area contributed by atoms with Crippen LogP contribution >= 0.6 is 0 Å². The molecule has 6 nitrogen and oxygen atoms in total. The molecule has 0 aliphatic carbocycles. The van der Waals surface area contributed by atoms with E-state index >= 15 is 0 Å². The molecular formula is C22H27N3O3. The average Bonchev–Trinajstić information content (AvgIpc) is 3.23. The number of nitrogens with one attached hydrogen (secondary N) is 3. The molecular weight excluding hydrogens is 354 g/mol. The van der Waals surface area contributed by atoms with E-state index in [1.807, 2.05) is 37.3 Å². The van der Waals surface area contributed by atoms with Gasteiger partial charge in [-0.2, -0.15) is 0 Å². The van der Waals surface area contributed by atoms with Crippen LogP contribution in [0.3, 0.4) is 0 Å². The van der Waals surface area contributed by atoms with Gasteiger partial charge in [0.05, 0.1) is 12.0 Å². The summed E-state index contributed by atoms with van der Waals surface area (Å²) in [5.74, 6) is -0.230. The molecule has 0 bridgehead atoms. The Hall–Kier alpha value is -2.86. The largest absolute Gasteiger partial charge is 0.376 e. The summed E-state index contributed by atoms with van der Waals surface area (Å²) in [6.45, 7) is 3.28. The van der Waals surface area contributed by atoms with Gasteiger partial charge in [-0.3, -0.25) is 4.79 Å². The van der Waals surface area contributed by atoms with Crippen molar-refractivity contribution in [2.75, 3.05) is 23.8 Å². The maximum Gasteiger partial charge on any atom is 0.319 e. The number of urea groups is 1. The summed E-state index contributed by atoms with van der Waals surface area (Å²) in [5.41, 5.74) is 2.37. The SMILES string of the molecule is CCC(C(=O)Nc1ccc(NC(=O)NCC2CCCO2)cc1)c1ccccc1. The van der Waals surface area contributed by atoms with E-state index in [1.165, 1.54) is 0 Å². The summed E-state index contributed by atoms with van der Waals surface area (Å²) < 4.78 is 5.48. The molecule has 2 aromatic carbocycles. The normalized spacial score (nSPS) is 17.0. The molecule has 0 aromatic heterocycles. The van der Waals surface area contributed by atoms with E-state index in [1.54, 1.807) is 24.3 Å². The van der Waals surface area contributed by atoms with Crippen molar-refractivity contribution in [3.8, 4) is 0 Å². The lowest BCUT2D eigenvalue weighted by Crippen LogP contribution is -2.35. The highest BCUT2D eigenvalue weighted by Gasteiger charge is 2.19. The zero-order valence-electron chi connectivity index (χ0n) is 16.1. The van der Waals surface area contributed by atoms with E-state index in [0.29, 0.717) is 17.9 Å². The van der Waals surface area contributed by atoms with Gasteiger partial charge < -0.3 is 20.7 Å². The Morgan fingerprint density at radius 3 is 2.32 bits per heavy atom. The van der Waals surface area contributed by atoms with Gasteiger partial charge in [-0.15, -0.1) is 0 Å². The van der Waals surface area contributed by atoms with Crippen LogP contribution in [-0.4, -0.2) is 31.2 Å². The second kappa shape index (κ2) is 9.90. The lowest BCUT2D eigenvalue weighted by molar-refractivity contribution is -0.117. The van der Waals surface area contributed by atoms with E-state index in [4.69, 9.17) is 4.74 Å². The first-order valence-corrected chi connectivity index (χ1v) is 9.78. The molecule has 6 heteroatoms. The van der Waals surface area contributed by atoms with Gasteiger partial charge in [0.15, 0.2) is 0 Å². The average molecular weight is 381 g/mol. The predicted molar refractivity (Wildman–Crippen MR) is 111 cm³/mol. The Balaban J connectivity index is 1.50. The van der Waals surface area contributed by atoms with Crippen molar-refractivity contribution >= 4 is 23.3 Å². The Labute approximate surface area is 165 Å². The topological polar surface area (TPSA) is 79.5 Å². The van der Waals surface area contributed by atoms with Crippen LogP contribution in [0.1, 0.15) is 37.7 Å². The van der Waals surface area contributed by atoms with E-state index < -0.39 is 0 Å². The van der Waals surface area contributed by atoms with E-state index in [0.717, 1.165) is 31.4 Å². The number of ether oxygens (including phenoxy) is 1. The maximum absolute atomic E-state index is 12.6. The summed E-state index contributed by atoms with van der Waals surface area (Å²) >= 11 is 0. The number of benzene rings is 2. The van der Waals surface area contributed by atoms with Crippen LogP contribution in [0.5, 0.6) is 0 Å². The van der Waals surface area contributed by atoms with Crippen molar-refractivity contribution in [1.82, 2.24) is 5.32 Å². The van der Waals surface area contributed by atoms with Crippen LogP contribution in [0, 0.1) is 0 Å². The van der Waals surface area contributed by atoms with Gasteiger partial charge >= 0.3 is 6.03 Å². The highest BCUT2D eigenvalue weighted by atomic mass is 16.5. The van der Waals surface area contributed by atoms with Gasteiger partial charge in [-0.05, 0) is 49.1 Å². The maximum atomic E-state index is 12.6. The molecule has 1 aliphatic heterocycles. The molecule has 0 radical (unpaired) electrons. The van der Waals surface area contributed by atoms with Crippen LogP contribution in [0.15, 0.2) is 54.6 Å². The van der Waals surface area contributed by atoms with Crippen LogP contribution in [0.2, 0.25) is 0 Å². The van der Waals surface area contributed by atoms with Gasteiger partial charge in [0.2, 0.25) is 5.91 Å². The molecule has 1 heterocycles. The summed E-state index contributed by atoms with van der Waals surface area (Å²) in [7, 11) is 0. The lowest BCUT2D eigenvalue weighted by atomic mass is 9.95. The fourth-order valence-corrected chi connectivity index (χ4v) is 3.31. The third-order valence-electron chi connectivity index (χ3n) is 4.85. The van der Waals surface area contributed by atoms with Crippen LogP contribution in [-0.2, 0) is 9.53 Å². The minimum Gasteiger partial charge on any atom is -0.376 e. The number of rotatable bonds is 7. The third kappa shape index (κ3) is 5.57. The molecule has 3 rings (SSSR count). The van der Waals surface area contributed by atoms with Crippen molar-refractivity contribution in [2.24, 2.45) is 0 Å². The monoisotopic (exact) mass is 381 g/mol. The molecule has 0 saturated carbocycles. The second-order valence-corrected chi connectivity index (χ2v) is 6.91. The zero-order chi connectivity index (χ0) is 19.8. The molecule has 2 atom stereocenters. The predicted octanol–water partition coefficient (Wildman–Crippen LogP) is 4.12. The quantitative estimate of drug-likeness (QED) is 0.675. The Morgan fingerprint density at radius 2 is 1.71 bits per heavy atom. The number of carbonyl (C=O) groups excluding carboxylic acids is 2. The molecule has 2 unspecified atom stereocenters. The van der Waals surface area contributed by atoms with Gasteiger partial charge in [0.1, 0.15) is 0 Å². The molecule has 148 valence electrons. The van der Waals surface area contributed by atoms with Crippen molar-refractivity contribution < 1.29 is 14.3 Å².